The van der Waals surface area contributed by atoms with E-state index >= 15 is 0 Å². The van der Waals surface area contributed by atoms with E-state index in [2.05, 4.69) is 34.5 Å². The van der Waals surface area contributed by atoms with Crippen molar-refractivity contribution in [1.29, 1.82) is 0 Å². The summed E-state index contributed by atoms with van der Waals surface area (Å²) in [7, 11) is 2.09. The molecule has 0 amide bonds. The molecule has 2 aromatic rings. The number of likely N-dealkylation sites (N-methyl/N-ethyl adjacent to an activating group) is 1. The number of halogens is 2. The summed E-state index contributed by atoms with van der Waals surface area (Å²) in [6.45, 7) is 6.25. The van der Waals surface area contributed by atoms with E-state index in [0.29, 0.717) is 30.1 Å². The summed E-state index contributed by atoms with van der Waals surface area (Å²) in [4.78, 5) is 33.6. The van der Waals surface area contributed by atoms with Crippen LogP contribution in [0.25, 0.3) is 0 Å². The monoisotopic (exact) mass is 562 g/mol. The molecule has 2 rings (SSSR count). The molecule has 0 saturated carbocycles. The Labute approximate surface area is 219 Å². The maximum Gasteiger partial charge on any atom is 0.328 e. The average molecular weight is 563 g/mol. The number of unbranched alkanes of at least 4 members (excludes halogenated alkanes) is 3. The second-order valence-electron chi connectivity index (χ2n) is 7.78. The number of carboxylic acid groups (broad SMARTS) is 2. The summed E-state index contributed by atoms with van der Waals surface area (Å²) < 4.78 is 20.9. The molecular weight excluding hydrogens is 533 g/mol. The Morgan fingerprint density at radius 2 is 1.75 bits per heavy atom. The van der Waals surface area contributed by atoms with Gasteiger partial charge in [-0.15, -0.1) is 6.58 Å². The maximum atomic E-state index is 14.4. The quantitative estimate of drug-likeness (QED) is 0.159. The molecule has 0 bridgehead atoms. The molecule has 0 aliphatic heterocycles. The van der Waals surface area contributed by atoms with Crippen LogP contribution in [0.15, 0.2) is 71.7 Å². The van der Waals surface area contributed by atoms with Gasteiger partial charge in [0.1, 0.15) is 11.6 Å². The molecule has 194 valence electrons. The Morgan fingerprint density at radius 1 is 1.08 bits per heavy atom. The number of carboxylic acids is 2. The van der Waals surface area contributed by atoms with Gasteiger partial charge in [-0.25, -0.2) is 9.18 Å². The van der Waals surface area contributed by atoms with Crippen LogP contribution in [0.1, 0.15) is 41.6 Å². The molecule has 36 heavy (non-hydrogen) atoms. The lowest BCUT2D eigenvalue weighted by atomic mass is 10.0. The molecule has 0 heterocycles. The molecule has 0 aliphatic carbocycles. The van der Waals surface area contributed by atoms with E-state index in [1.807, 2.05) is 6.08 Å². The number of ether oxygens (including phenoxy) is 1. The highest BCUT2D eigenvalue weighted by Crippen LogP contribution is 2.21. The number of ketones is 1. The van der Waals surface area contributed by atoms with E-state index in [-0.39, 0.29) is 11.3 Å². The van der Waals surface area contributed by atoms with E-state index in [0.717, 1.165) is 43.2 Å². The first-order chi connectivity index (χ1) is 17.1. The largest absolute Gasteiger partial charge is 0.545 e. The highest BCUT2D eigenvalue weighted by molar-refractivity contribution is 9.10. The second kappa shape index (κ2) is 17.2. The first-order valence-electron chi connectivity index (χ1n) is 11.3. The Kier molecular flexibility index (Phi) is 14.7. The van der Waals surface area contributed by atoms with Gasteiger partial charge in [-0.1, -0.05) is 34.8 Å². The van der Waals surface area contributed by atoms with Gasteiger partial charge in [-0.2, -0.15) is 0 Å². The van der Waals surface area contributed by atoms with Crippen molar-refractivity contribution in [3.63, 3.8) is 0 Å². The zero-order valence-corrected chi connectivity index (χ0v) is 21.7. The van der Waals surface area contributed by atoms with Crippen molar-refractivity contribution in [2.75, 3.05) is 26.7 Å². The first kappa shape index (κ1) is 30.7. The van der Waals surface area contributed by atoms with E-state index in [1.54, 1.807) is 30.3 Å². The smallest absolute Gasteiger partial charge is 0.328 e. The van der Waals surface area contributed by atoms with Crippen molar-refractivity contribution < 1.29 is 33.7 Å². The van der Waals surface area contributed by atoms with Gasteiger partial charge in [-0.05, 0) is 68.9 Å². The molecule has 7 nitrogen and oxygen atoms in total. The number of carbonyl (C=O) groups is 3. The Hall–Kier alpha value is -3.30. The number of hydrogen-bond acceptors (Lipinski definition) is 6. The van der Waals surface area contributed by atoms with Gasteiger partial charge in [-0.3, -0.25) is 4.79 Å². The molecule has 0 aromatic heterocycles. The van der Waals surface area contributed by atoms with Crippen molar-refractivity contribution in [1.82, 2.24) is 4.90 Å². The molecule has 2 aromatic carbocycles. The number of benzene rings is 2. The van der Waals surface area contributed by atoms with Crippen molar-refractivity contribution in [3.05, 3.63) is 88.7 Å². The molecule has 0 radical (unpaired) electrons. The van der Waals surface area contributed by atoms with Gasteiger partial charge in [0.05, 0.1) is 18.1 Å². The van der Waals surface area contributed by atoms with E-state index < -0.39 is 17.8 Å². The molecule has 9 heteroatoms. The number of carbonyl (C=O) groups excluding carboxylic acids is 2. The summed E-state index contributed by atoms with van der Waals surface area (Å²) >= 11 is 3.32. The SMILES string of the molecule is C=CCN(C)CCCCCCOc1ccc(C(=O)c2ccc(Br)cc2)c(F)c1.O=C([O-])C=CC(=O)O. The van der Waals surface area contributed by atoms with Gasteiger partial charge >= 0.3 is 5.97 Å². The van der Waals surface area contributed by atoms with Gasteiger partial charge < -0.3 is 24.6 Å². The average Bonchev–Trinajstić information content (AvgIpc) is 2.83. The number of aliphatic carboxylic acids is 2. The molecule has 0 saturated heterocycles. The second-order valence-corrected chi connectivity index (χ2v) is 8.70. The van der Waals surface area contributed by atoms with Crippen LogP contribution >= 0.6 is 15.9 Å². The van der Waals surface area contributed by atoms with Crippen LogP contribution in [0.4, 0.5) is 4.39 Å². The fourth-order valence-electron chi connectivity index (χ4n) is 3.00. The van der Waals surface area contributed by atoms with Crippen LogP contribution in [0.3, 0.4) is 0 Å². The molecule has 1 N–H and O–H groups in total. The number of rotatable bonds is 14. The summed E-state index contributed by atoms with van der Waals surface area (Å²) in [6.07, 6.45) is 7.13. The van der Waals surface area contributed by atoms with Gasteiger partial charge in [0.15, 0.2) is 5.78 Å². The fourth-order valence-corrected chi connectivity index (χ4v) is 3.27. The summed E-state index contributed by atoms with van der Waals surface area (Å²) in [5.41, 5.74) is 0.507. The molecule has 0 spiro atoms. The fraction of sp³-hybridized carbons (Fsp3) is 0.296. The minimum absolute atomic E-state index is 0.0540. The Bertz CT molecular complexity index is 1020. The highest BCUT2D eigenvalue weighted by atomic mass is 79.9. The van der Waals surface area contributed by atoms with Gasteiger partial charge in [0.25, 0.3) is 0 Å². The number of nitrogens with zero attached hydrogens (tertiary/aromatic N) is 1. The lowest BCUT2D eigenvalue weighted by Gasteiger charge is -2.13. The molecule has 0 unspecified atom stereocenters. The normalized spacial score (nSPS) is 10.6. The predicted molar refractivity (Wildman–Crippen MR) is 137 cm³/mol. The van der Waals surface area contributed by atoms with Gasteiger partial charge in [0, 0.05) is 28.7 Å². The van der Waals surface area contributed by atoms with Crippen molar-refractivity contribution >= 4 is 33.7 Å². The zero-order valence-electron chi connectivity index (χ0n) is 20.1. The standard InChI is InChI=1S/C23H27BrFNO2.C4H4O4/c1-3-14-26(2)15-6-4-5-7-16-28-20-12-13-21(22(25)17-20)23(27)18-8-10-19(24)11-9-18;5-3(6)1-2-4(7)8/h3,8-13,17H,1,4-7,14-16H2,2H3;1-2H,(H,5,6)(H,7,8)/p-1. The Balaban J connectivity index is 0.000000697. The third-order valence-electron chi connectivity index (χ3n) is 4.80. The summed E-state index contributed by atoms with van der Waals surface area (Å²) in [5, 5.41) is 17.2. The first-order valence-corrected chi connectivity index (χ1v) is 12.1. The maximum absolute atomic E-state index is 14.4. The van der Waals surface area contributed by atoms with Crippen LogP contribution in [0, 0.1) is 5.82 Å². The highest BCUT2D eigenvalue weighted by Gasteiger charge is 2.14. The topological polar surface area (TPSA) is 107 Å². The van der Waals surface area contributed by atoms with E-state index in [9.17, 15) is 23.9 Å². The minimum Gasteiger partial charge on any atom is -0.545 e. The van der Waals surface area contributed by atoms with Crippen molar-refractivity contribution in [3.8, 4) is 5.75 Å². The van der Waals surface area contributed by atoms with Crippen molar-refractivity contribution in [2.24, 2.45) is 0 Å². The minimum atomic E-state index is -1.51. The summed E-state index contributed by atoms with van der Waals surface area (Å²) in [6, 6.07) is 11.3. The summed E-state index contributed by atoms with van der Waals surface area (Å²) in [5.74, 6) is -3.24. The lowest BCUT2D eigenvalue weighted by molar-refractivity contribution is -0.297. The molecular formula is C27H30BrFNO6-. The van der Waals surface area contributed by atoms with Gasteiger partial charge in [0.2, 0.25) is 0 Å². The van der Waals surface area contributed by atoms with Crippen LogP contribution in [-0.2, 0) is 9.59 Å². The van der Waals surface area contributed by atoms with Crippen LogP contribution < -0.4 is 9.84 Å². The van der Waals surface area contributed by atoms with Crippen LogP contribution in [-0.4, -0.2) is 54.5 Å². The van der Waals surface area contributed by atoms with E-state index in [4.69, 9.17) is 9.84 Å². The van der Waals surface area contributed by atoms with Crippen molar-refractivity contribution in [2.45, 2.75) is 25.7 Å². The molecule has 0 aliphatic rings. The zero-order chi connectivity index (χ0) is 26.9. The van der Waals surface area contributed by atoms with E-state index in [1.165, 1.54) is 12.1 Å². The predicted octanol–water partition coefficient (Wildman–Crippen LogP) is 4.25. The lowest BCUT2D eigenvalue weighted by Crippen LogP contribution is -2.19. The van der Waals surface area contributed by atoms with Crippen LogP contribution in [0.2, 0.25) is 0 Å². The molecule has 0 atom stereocenters. The molecule has 0 fully saturated rings. The number of hydrogen-bond donors (Lipinski definition) is 1. The van der Waals surface area contributed by atoms with Crippen LogP contribution in [0.5, 0.6) is 5.75 Å². The third kappa shape index (κ3) is 13.0. The Morgan fingerprint density at radius 3 is 2.31 bits per heavy atom. The third-order valence-corrected chi connectivity index (χ3v) is 5.33.